The number of aliphatic hydroxyl groups is 1. The van der Waals surface area contributed by atoms with Gasteiger partial charge in [-0.15, -0.1) is 0 Å². The van der Waals surface area contributed by atoms with E-state index < -0.39 is 5.60 Å². The quantitative estimate of drug-likeness (QED) is 0.808. The van der Waals surface area contributed by atoms with Gasteiger partial charge in [0, 0.05) is 36.7 Å². The van der Waals surface area contributed by atoms with Crippen LogP contribution in [0.4, 0.5) is 5.69 Å². The summed E-state index contributed by atoms with van der Waals surface area (Å²) in [5.74, 6) is 0.276. The van der Waals surface area contributed by atoms with Crippen molar-refractivity contribution in [2.45, 2.75) is 57.6 Å². The number of nitrogens with one attached hydrogen (secondary N) is 1. The minimum atomic E-state index is -0.528. The molecule has 4 nitrogen and oxygen atoms in total. The Labute approximate surface area is 152 Å². The molecule has 25 heavy (non-hydrogen) atoms. The van der Waals surface area contributed by atoms with Gasteiger partial charge in [0.15, 0.2) is 6.54 Å². The van der Waals surface area contributed by atoms with E-state index in [-0.39, 0.29) is 12.0 Å². The fourth-order valence-electron chi connectivity index (χ4n) is 5.10. The summed E-state index contributed by atoms with van der Waals surface area (Å²) in [5, 5.41) is 20.5. The van der Waals surface area contributed by atoms with E-state index in [1.165, 1.54) is 22.6 Å². The number of benzene rings is 1. The molecule has 1 saturated carbocycles. The second kappa shape index (κ2) is 7.76. The molecule has 3 rings (SSSR count). The van der Waals surface area contributed by atoms with Crippen molar-refractivity contribution in [3.63, 3.8) is 0 Å². The van der Waals surface area contributed by atoms with Crippen LogP contribution in [0.25, 0.3) is 0 Å². The molecule has 1 heterocycles. The van der Waals surface area contributed by atoms with E-state index in [9.17, 15) is 10.4 Å². The van der Waals surface area contributed by atoms with Gasteiger partial charge in [-0.3, -0.25) is 0 Å². The number of likely N-dealkylation sites (tertiary alicyclic amines) is 1. The maximum Gasteiger partial charge on any atom is 0.165 e. The van der Waals surface area contributed by atoms with Crippen LogP contribution in [0.15, 0.2) is 24.3 Å². The Balaban J connectivity index is 1.91. The molecule has 136 valence electrons. The van der Waals surface area contributed by atoms with E-state index in [1.807, 2.05) is 0 Å². The van der Waals surface area contributed by atoms with Crippen LogP contribution in [0, 0.1) is 17.2 Å². The van der Waals surface area contributed by atoms with Crippen molar-refractivity contribution in [2.24, 2.45) is 5.92 Å². The monoisotopic (exact) mass is 342 g/mol. The van der Waals surface area contributed by atoms with Crippen molar-refractivity contribution >= 4 is 5.69 Å². The molecule has 0 radical (unpaired) electrons. The first-order valence-corrected chi connectivity index (χ1v) is 9.91. The van der Waals surface area contributed by atoms with Gasteiger partial charge in [0.1, 0.15) is 12.1 Å². The Morgan fingerprint density at radius 3 is 2.56 bits per heavy atom. The predicted molar refractivity (Wildman–Crippen MR) is 101 cm³/mol. The Hall–Kier alpha value is -1.57. The van der Waals surface area contributed by atoms with Crippen LogP contribution in [0.2, 0.25) is 0 Å². The highest BCUT2D eigenvalue weighted by molar-refractivity contribution is 5.47. The van der Waals surface area contributed by atoms with E-state index in [4.69, 9.17) is 0 Å². The number of rotatable bonds is 5. The van der Waals surface area contributed by atoms with Gasteiger partial charge >= 0.3 is 0 Å². The summed E-state index contributed by atoms with van der Waals surface area (Å²) in [6.07, 6.45) is 5.16. The highest BCUT2D eigenvalue weighted by Gasteiger charge is 2.51. The van der Waals surface area contributed by atoms with Gasteiger partial charge in [-0.1, -0.05) is 25.0 Å². The Kier molecular flexibility index (Phi) is 5.66. The van der Waals surface area contributed by atoms with Crippen LogP contribution in [-0.4, -0.2) is 36.9 Å². The maximum atomic E-state index is 11.2. The van der Waals surface area contributed by atoms with Crippen molar-refractivity contribution in [3.05, 3.63) is 29.8 Å². The van der Waals surface area contributed by atoms with Gasteiger partial charge < -0.3 is 14.9 Å². The van der Waals surface area contributed by atoms with Crippen molar-refractivity contribution in [2.75, 3.05) is 31.1 Å². The second-order valence-electron chi connectivity index (χ2n) is 7.69. The number of nitriles is 1. The molecule has 1 aliphatic heterocycles. The lowest BCUT2D eigenvalue weighted by Crippen LogP contribution is -3.15. The molecular weight excluding hydrogens is 310 g/mol. The topological polar surface area (TPSA) is 51.7 Å². The molecule has 1 saturated heterocycles. The first kappa shape index (κ1) is 18.2. The minimum absolute atomic E-state index is 0.240. The van der Waals surface area contributed by atoms with Gasteiger partial charge in [-0.05, 0) is 38.8 Å². The molecule has 1 aromatic rings. The van der Waals surface area contributed by atoms with Gasteiger partial charge in [0.25, 0.3) is 0 Å². The van der Waals surface area contributed by atoms with Gasteiger partial charge in [-0.2, -0.15) is 5.26 Å². The van der Waals surface area contributed by atoms with Crippen LogP contribution >= 0.6 is 0 Å². The Morgan fingerprint density at radius 2 is 1.92 bits per heavy atom. The summed E-state index contributed by atoms with van der Waals surface area (Å²) < 4.78 is 0. The van der Waals surface area contributed by atoms with E-state index in [0.717, 1.165) is 45.3 Å². The zero-order valence-electron chi connectivity index (χ0n) is 15.7. The zero-order chi connectivity index (χ0) is 17.9. The molecule has 0 bridgehead atoms. The Bertz CT molecular complexity index is 605. The fraction of sp³-hybridized carbons (Fsp3) is 0.667. The summed E-state index contributed by atoms with van der Waals surface area (Å²) in [6.45, 7) is 7.79. The molecule has 4 atom stereocenters. The van der Waals surface area contributed by atoms with E-state index >= 15 is 0 Å². The molecule has 2 fully saturated rings. The molecule has 1 aliphatic carbocycles. The van der Waals surface area contributed by atoms with Crippen molar-refractivity contribution in [1.29, 1.82) is 5.26 Å². The second-order valence-corrected chi connectivity index (χ2v) is 7.69. The van der Waals surface area contributed by atoms with Gasteiger partial charge in [0.05, 0.1) is 12.1 Å². The smallest absolute Gasteiger partial charge is 0.165 e. The summed E-state index contributed by atoms with van der Waals surface area (Å²) in [6, 6.07) is 11.5. The number of quaternary nitrogens is 1. The molecule has 0 aromatic heterocycles. The van der Waals surface area contributed by atoms with E-state index in [0.29, 0.717) is 6.54 Å². The van der Waals surface area contributed by atoms with E-state index in [2.05, 4.69) is 49.1 Å². The molecule has 0 spiro atoms. The Morgan fingerprint density at radius 1 is 1.20 bits per heavy atom. The molecule has 1 aromatic carbocycles. The predicted octanol–water partition coefficient (Wildman–Crippen LogP) is 2.31. The van der Waals surface area contributed by atoms with Crippen molar-refractivity contribution in [3.8, 4) is 6.07 Å². The lowest BCUT2D eigenvalue weighted by molar-refractivity contribution is -0.938. The van der Waals surface area contributed by atoms with Crippen LogP contribution in [0.3, 0.4) is 0 Å². The van der Waals surface area contributed by atoms with Crippen molar-refractivity contribution < 1.29 is 10.0 Å². The van der Waals surface area contributed by atoms with Crippen LogP contribution < -0.4 is 9.80 Å². The average Bonchev–Trinajstić information content (AvgIpc) is 2.64. The summed E-state index contributed by atoms with van der Waals surface area (Å²) in [4.78, 5) is 3.68. The molecule has 2 N–H and O–H groups in total. The largest absolute Gasteiger partial charge is 0.389 e. The molecular formula is C21H32N3O+. The maximum absolute atomic E-state index is 11.2. The molecule has 0 amide bonds. The summed E-state index contributed by atoms with van der Waals surface area (Å²) in [7, 11) is 0. The van der Waals surface area contributed by atoms with Crippen LogP contribution in [-0.2, 0) is 0 Å². The third-order valence-electron chi connectivity index (χ3n) is 6.47. The number of hydrogen-bond donors (Lipinski definition) is 2. The SMILES string of the molecule is CCN(CC)c1ccc([C@H]2[C@@H]3CCCC[C@]3(O)CC[NH+]2CC#N)cc1. The zero-order valence-corrected chi connectivity index (χ0v) is 15.7. The highest BCUT2D eigenvalue weighted by atomic mass is 16.3. The molecule has 4 heteroatoms. The minimum Gasteiger partial charge on any atom is -0.389 e. The van der Waals surface area contributed by atoms with Crippen molar-refractivity contribution in [1.82, 2.24) is 0 Å². The first-order valence-electron chi connectivity index (χ1n) is 9.91. The number of hydrogen-bond acceptors (Lipinski definition) is 3. The van der Waals surface area contributed by atoms with Crippen LogP contribution in [0.1, 0.15) is 57.6 Å². The number of piperidine rings is 1. The summed E-state index contributed by atoms with van der Waals surface area (Å²) in [5.41, 5.74) is 2.01. The fourth-order valence-corrected chi connectivity index (χ4v) is 5.10. The third-order valence-corrected chi connectivity index (χ3v) is 6.47. The summed E-state index contributed by atoms with van der Waals surface area (Å²) >= 11 is 0. The number of nitrogens with zero attached hydrogens (tertiary/aromatic N) is 2. The average molecular weight is 343 g/mol. The lowest BCUT2D eigenvalue weighted by Gasteiger charge is -2.49. The highest BCUT2D eigenvalue weighted by Crippen LogP contribution is 2.44. The standard InChI is InChI=1S/C21H31N3O/c1-3-23(4-2)18-10-8-17(9-11-18)20-19-7-5-6-12-21(19,25)13-15-24(20)16-14-22/h8-11,19-20,25H,3-7,12-13,15-16H2,1-2H3/p+1/t19-,20-,21-/m0/s1. The molecule has 2 aliphatic rings. The van der Waals surface area contributed by atoms with Gasteiger partial charge in [-0.25, -0.2) is 0 Å². The first-order chi connectivity index (χ1) is 12.1. The normalized spacial score (nSPS) is 31.8. The van der Waals surface area contributed by atoms with Gasteiger partial charge in [0.2, 0.25) is 0 Å². The van der Waals surface area contributed by atoms with Crippen LogP contribution in [0.5, 0.6) is 0 Å². The number of anilines is 1. The van der Waals surface area contributed by atoms with E-state index in [1.54, 1.807) is 0 Å². The lowest BCUT2D eigenvalue weighted by atomic mass is 9.66. The number of fused-ring (bicyclic) bond motifs is 1. The third kappa shape index (κ3) is 3.54. The molecule has 1 unspecified atom stereocenters.